The molecule has 0 aromatic heterocycles. The molecule has 0 heterocycles. The second-order valence-electron chi connectivity index (χ2n) is 4.02. The van der Waals surface area contributed by atoms with Gasteiger partial charge in [-0.1, -0.05) is 47.0 Å². The van der Waals surface area contributed by atoms with Gasteiger partial charge in [0.1, 0.15) is 5.82 Å². The van der Waals surface area contributed by atoms with Gasteiger partial charge >= 0.3 is 0 Å². The van der Waals surface area contributed by atoms with E-state index in [1.807, 2.05) is 31.2 Å². The lowest BCUT2D eigenvalue weighted by Crippen LogP contribution is -1.92. The minimum absolute atomic E-state index is 0.140. The standard InChI is InChI=1S/C14H11Cl2FN2/c1-9-5-7-10(8-6-9)18-19-14(16)13-11(15)3-2-4-12(13)17/h2-8,14H,1H3. The number of rotatable bonds is 3. The lowest BCUT2D eigenvalue weighted by molar-refractivity contribution is 0.606. The van der Waals surface area contributed by atoms with Crippen molar-refractivity contribution >= 4 is 28.9 Å². The van der Waals surface area contributed by atoms with Crippen LogP contribution < -0.4 is 0 Å². The van der Waals surface area contributed by atoms with Gasteiger partial charge in [0.2, 0.25) is 0 Å². The summed E-state index contributed by atoms with van der Waals surface area (Å²) in [5.74, 6) is -0.490. The predicted octanol–water partition coefficient (Wildman–Crippen LogP) is 5.81. The largest absolute Gasteiger partial charge is 0.207 e. The smallest absolute Gasteiger partial charge is 0.174 e. The van der Waals surface area contributed by atoms with E-state index in [9.17, 15) is 4.39 Å². The maximum atomic E-state index is 13.6. The molecule has 2 aromatic carbocycles. The van der Waals surface area contributed by atoms with Crippen LogP contribution in [0.25, 0.3) is 0 Å². The van der Waals surface area contributed by atoms with Crippen molar-refractivity contribution in [3.8, 4) is 0 Å². The fourth-order valence-electron chi connectivity index (χ4n) is 1.52. The molecule has 1 atom stereocenters. The van der Waals surface area contributed by atoms with E-state index in [2.05, 4.69) is 10.2 Å². The van der Waals surface area contributed by atoms with Gasteiger partial charge in [0.15, 0.2) is 5.50 Å². The van der Waals surface area contributed by atoms with Gasteiger partial charge in [-0.3, -0.25) is 0 Å². The summed E-state index contributed by atoms with van der Waals surface area (Å²) in [4.78, 5) is 0. The maximum absolute atomic E-state index is 13.6. The third-order valence-corrected chi connectivity index (χ3v) is 3.18. The molecule has 2 rings (SSSR count). The van der Waals surface area contributed by atoms with E-state index in [0.717, 1.165) is 5.56 Å². The zero-order chi connectivity index (χ0) is 13.8. The number of halogens is 3. The number of hydrogen-bond donors (Lipinski definition) is 0. The molecule has 1 unspecified atom stereocenters. The minimum Gasteiger partial charge on any atom is -0.207 e. The molecule has 0 spiro atoms. The van der Waals surface area contributed by atoms with Crippen LogP contribution in [0.1, 0.15) is 16.6 Å². The van der Waals surface area contributed by atoms with Crippen molar-refractivity contribution in [2.45, 2.75) is 12.4 Å². The Kier molecular flexibility index (Phi) is 4.51. The summed E-state index contributed by atoms with van der Waals surface area (Å²) in [6.45, 7) is 1.98. The SMILES string of the molecule is Cc1ccc(N=NC(Cl)c2c(F)cccc2Cl)cc1. The zero-order valence-corrected chi connectivity index (χ0v) is 11.7. The molecule has 2 nitrogen and oxygen atoms in total. The highest BCUT2D eigenvalue weighted by atomic mass is 35.5. The van der Waals surface area contributed by atoms with Crippen molar-refractivity contribution in [2.24, 2.45) is 10.2 Å². The van der Waals surface area contributed by atoms with Crippen molar-refractivity contribution in [3.63, 3.8) is 0 Å². The summed E-state index contributed by atoms with van der Waals surface area (Å²) in [7, 11) is 0. The molecule has 0 saturated heterocycles. The Balaban J connectivity index is 2.21. The number of benzene rings is 2. The number of alkyl halides is 1. The number of nitrogens with zero attached hydrogens (tertiary/aromatic N) is 2. The molecule has 2 aromatic rings. The highest BCUT2D eigenvalue weighted by Gasteiger charge is 2.15. The molecule has 0 aliphatic carbocycles. The lowest BCUT2D eigenvalue weighted by atomic mass is 10.2. The quantitative estimate of drug-likeness (QED) is 0.388. The number of aryl methyl sites for hydroxylation is 1. The van der Waals surface area contributed by atoms with E-state index in [1.165, 1.54) is 12.1 Å². The Morgan fingerprint density at radius 2 is 1.79 bits per heavy atom. The monoisotopic (exact) mass is 296 g/mol. The van der Waals surface area contributed by atoms with Crippen LogP contribution in [0.2, 0.25) is 5.02 Å². The molecule has 0 aliphatic heterocycles. The van der Waals surface area contributed by atoms with Crippen LogP contribution in [0, 0.1) is 12.7 Å². The van der Waals surface area contributed by atoms with E-state index in [-0.39, 0.29) is 10.6 Å². The number of azo groups is 1. The Morgan fingerprint density at radius 3 is 2.42 bits per heavy atom. The molecule has 0 N–H and O–H groups in total. The van der Waals surface area contributed by atoms with Gasteiger partial charge in [-0.25, -0.2) is 4.39 Å². The third kappa shape index (κ3) is 3.52. The normalized spacial score (nSPS) is 12.8. The molecule has 5 heteroatoms. The molecule has 0 radical (unpaired) electrons. The Hall–Kier alpha value is -1.45. The first-order valence-electron chi connectivity index (χ1n) is 5.63. The van der Waals surface area contributed by atoms with Gasteiger partial charge in [-0.2, -0.15) is 10.2 Å². The molecular formula is C14H11Cl2FN2. The van der Waals surface area contributed by atoms with Crippen LogP contribution >= 0.6 is 23.2 Å². The van der Waals surface area contributed by atoms with Crippen molar-refractivity contribution in [2.75, 3.05) is 0 Å². The van der Waals surface area contributed by atoms with E-state index in [0.29, 0.717) is 5.69 Å². The van der Waals surface area contributed by atoms with Crippen molar-refractivity contribution < 1.29 is 4.39 Å². The molecule has 0 fully saturated rings. The highest BCUT2D eigenvalue weighted by Crippen LogP contribution is 2.32. The molecule has 0 aliphatic rings. The van der Waals surface area contributed by atoms with Gasteiger partial charge in [0, 0.05) is 5.56 Å². The first-order chi connectivity index (χ1) is 9.08. The summed E-state index contributed by atoms with van der Waals surface area (Å²) in [6.07, 6.45) is 0. The average Bonchev–Trinajstić information content (AvgIpc) is 2.38. The van der Waals surface area contributed by atoms with Gasteiger partial charge in [-0.15, -0.1) is 0 Å². The second-order valence-corrected chi connectivity index (χ2v) is 4.84. The van der Waals surface area contributed by atoms with E-state index in [1.54, 1.807) is 6.07 Å². The minimum atomic E-state index is -0.949. The van der Waals surface area contributed by atoms with Gasteiger partial charge in [-0.05, 0) is 31.2 Å². The number of hydrogen-bond acceptors (Lipinski definition) is 2. The fourth-order valence-corrected chi connectivity index (χ4v) is 2.11. The van der Waals surface area contributed by atoms with Crippen LogP contribution in [0.5, 0.6) is 0 Å². The average molecular weight is 297 g/mol. The summed E-state index contributed by atoms with van der Waals surface area (Å²) < 4.78 is 13.6. The summed E-state index contributed by atoms with van der Waals surface area (Å²) in [6, 6.07) is 11.8. The van der Waals surface area contributed by atoms with Crippen LogP contribution in [0.4, 0.5) is 10.1 Å². The Labute approximate surface area is 120 Å². The van der Waals surface area contributed by atoms with E-state index < -0.39 is 11.3 Å². The van der Waals surface area contributed by atoms with Crippen LogP contribution in [-0.2, 0) is 0 Å². The summed E-state index contributed by atoms with van der Waals surface area (Å²) >= 11 is 11.9. The molecule has 19 heavy (non-hydrogen) atoms. The molecule has 0 amide bonds. The highest BCUT2D eigenvalue weighted by molar-refractivity contribution is 6.32. The molecular weight excluding hydrogens is 286 g/mol. The van der Waals surface area contributed by atoms with E-state index >= 15 is 0 Å². The molecule has 0 saturated carbocycles. The third-order valence-electron chi connectivity index (χ3n) is 2.55. The first kappa shape index (κ1) is 14.0. The van der Waals surface area contributed by atoms with Crippen LogP contribution in [-0.4, -0.2) is 0 Å². The summed E-state index contributed by atoms with van der Waals surface area (Å²) in [5.41, 5.74) is 0.971. The van der Waals surface area contributed by atoms with Gasteiger partial charge in [0.05, 0.1) is 10.7 Å². The maximum Gasteiger partial charge on any atom is 0.174 e. The van der Waals surface area contributed by atoms with Gasteiger partial charge < -0.3 is 0 Å². The molecule has 98 valence electrons. The van der Waals surface area contributed by atoms with Gasteiger partial charge in [0.25, 0.3) is 0 Å². The molecule has 0 bridgehead atoms. The summed E-state index contributed by atoms with van der Waals surface area (Å²) in [5, 5.41) is 8.09. The predicted molar refractivity (Wildman–Crippen MR) is 75.7 cm³/mol. The van der Waals surface area contributed by atoms with Crippen molar-refractivity contribution in [1.82, 2.24) is 0 Å². The van der Waals surface area contributed by atoms with E-state index in [4.69, 9.17) is 23.2 Å². The Morgan fingerprint density at radius 1 is 1.11 bits per heavy atom. The van der Waals surface area contributed by atoms with Crippen LogP contribution in [0.3, 0.4) is 0 Å². The first-order valence-corrected chi connectivity index (χ1v) is 6.45. The van der Waals surface area contributed by atoms with Crippen molar-refractivity contribution in [3.05, 3.63) is 64.4 Å². The lowest BCUT2D eigenvalue weighted by Gasteiger charge is -2.07. The topological polar surface area (TPSA) is 24.7 Å². The Bertz CT molecular complexity index is 577. The zero-order valence-electron chi connectivity index (χ0n) is 10.1. The van der Waals surface area contributed by atoms with Crippen LogP contribution in [0.15, 0.2) is 52.7 Å². The fraction of sp³-hybridized carbons (Fsp3) is 0.143. The van der Waals surface area contributed by atoms with Crippen molar-refractivity contribution in [1.29, 1.82) is 0 Å². The second kappa shape index (κ2) is 6.13.